The van der Waals surface area contributed by atoms with Crippen molar-refractivity contribution in [2.45, 2.75) is 13.1 Å². The smallest absolute Gasteiger partial charge is 0.143 e. The van der Waals surface area contributed by atoms with E-state index in [0.29, 0.717) is 0 Å². The van der Waals surface area contributed by atoms with Gasteiger partial charge < -0.3 is 4.42 Å². The molecular formula is C20H16ClOSi. The zero-order chi connectivity index (χ0) is 16.0. The molecule has 4 rings (SSSR count). The first kappa shape index (κ1) is 14.6. The van der Waals surface area contributed by atoms with Gasteiger partial charge in [-0.2, -0.15) is 0 Å². The second-order valence-electron chi connectivity index (χ2n) is 5.97. The van der Waals surface area contributed by atoms with E-state index in [4.69, 9.17) is 16.0 Å². The van der Waals surface area contributed by atoms with Crippen molar-refractivity contribution < 1.29 is 4.42 Å². The first-order valence-electron chi connectivity index (χ1n) is 7.66. The van der Waals surface area contributed by atoms with Gasteiger partial charge in [-0.15, -0.1) is 0 Å². The average Bonchev–Trinajstić information content (AvgIpc) is 2.93. The lowest BCUT2D eigenvalue weighted by Gasteiger charge is -2.13. The van der Waals surface area contributed by atoms with Gasteiger partial charge in [-0.1, -0.05) is 72.3 Å². The van der Waals surface area contributed by atoms with Gasteiger partial charge in [-0.3, -0.25) is 0 Å². The highest BCUT2D eigenvalue weighted by Gasteiger charge is 2.16. The largest absolute Gasteiger partial charge is 0.455 e. The molecule has 0 saturated carbocycles. The van der Waals surface area contributed by atoms with Crippen molar-refractivity contribution >= 4 is 47.5 Å². The Kier molecular flexibility index (Phi) is 3.51. The van der Waals surface area contributed by atoms with E-state index >= 15 is 0 Å². The third kappa shape index (κ3) is 2.39. The molecular weight excluding hydrogens is 320 g/mol. The standard InChI is InChI=1S/C20H16ClOSi/c1-23(2)19-12-13(21)10-11-15(19)17-8-5-7-16-14-6-3-4-9-18(14)22-20(16)17/h3-12H,1-2H3. The summed E-state index contributed by atoms with van der Waals surface area (Å²) in [4.78, 5) is 0. The Morgan fingerprint density at radius 3 is 2.43 bits per heavy atom. The highest BCUT2D eigenvalue weighted by atomic mass is 35.5. The molecule has 1 nitrogen and oxygen atoms in total. The van der Waals surface area contributed by atoms with Crippen molar-refractivity contribution in [1.29, 1.82) is 0 Å². The van der Waals surface area contributed by atoms with Gasteiger partial charge >= 0.3 is 0 Å². The van der Waals surface area contributed by atoms with Crippen LogP contribution in [-0.4, -0.2) is 8.80 Å². The number of furan rings is 1. The van der Waals surface area contributed by atoms with E-state index in [1.54, 1.807) is 0 Å². The van der Waals surface area contributed by atoms with E-state index in [2.05, 4.69) is 55.6 Å². The number of para-hydroxylation sites is 2. The molecule has 0 saturated heterocycles. The predicted octanol–water partition coefficient (Wildman–Crippen LogP) is 5.87. The highest BCUT2D eigenvalue weighted by Crippen LogP contribution is 2.35. The number of hydrogen-bond donors (Lipinski definition) is 0. The van der Waals surface area contributed by atoms with Crippen molar-refractivity contribution in [2.75, 3.05) is 0 Å². The Labute approximate surface area is 142 Å². The molecule has 0 unspecified atom stereocenters. The molecule has 0 aliphatic rings. The van der Waals surface area contributed by atoms with Crippen molar-refractivity contribution in [1.82, 2.24) is 0 Å². The zero-order valence-electron chi connectivity index (χ0n) is 13.1. The number of halogens is 1. The van der Waals surface area contributed by atoms with Crippen LogP contribution in [0.2, 0.25) is 18.1 Å². The molecule has 0 bridgehead atoms. The summed E-state index contributed by atoms with van der Waals surface area (Å²) in [7, 11) is -0.635. The normalized spacial score (nSPS) is 11.7. The van der Waals surface area contributed by atoms with Gasteiger partial charge in [0.2, 0.25) is 0 Å². The first-order valence-corrected chi connectivity index (χ1v) is 10.5. The van der Waals surface area contributed by atoms with E-state index in [-0.39, 0.29) is 0 Å². The summed E-state index contributed by atoms with van der Waals surface area (Å²) < 4.78 is 6.18. The second kappa shape index (κ2) is 5.55. The zero-order valence-corrected chi connectivity index (χ0v) is 14.8. The van der Waals surface area contributed by atoms with Crippen molar-refractivity contribution in [3.8, 4) is 11.1 Å². The molecule has 0 fully saturated rings. The summed E-state index contributed by atoms with van der Waals surface area (Å²) >= 11 is 6.22. The molecule has 23 heavy (non-hydrogen) atoms. The van der Waals surface area contributed by atoms with Crippen molar-refractivity contribution in [3.63, 3.8) is 0 Å². The molecule has 1 heterocycles. The minimum Gasteiger partial charge on any atom is -0.455 e. The Morgan fingerprint density at radius 1 is 0.826 bits per heavy atom. The van der Waals surface area contributed by atoms with E-state index in [9.17, 15) is 0 Å². The maximum absolute atomic E-state index is 6.22. The lowest BCUT2D eigenvalue weighted by atomic mass is 10.0. The summed E-state index contributed by atoms with van der Waals surface area (Å²) in [5.41, 5.74) is 4.28. The Bertz CT molecular complexity index is 1020. The molecule has 0 aliphatic carbocycles. The van der Waals surface area contributed by atoms with Gasteiger partial charge in [-0.25, -0.2) is 0 Å². The minimum absolute atomic E-state index is 0.635. The number of hydrogen-bond acceptors (Lipinski definition) is 1. The molecule has 0 N–H and O–H groups in total. The molecule has 0 atom stereocenters. The Morgan fingerprint density at radius 2 is 1.61 bits per heavy atom. The number of benzene rings is 3. The van der Waals surface area contributed by atoms with Gasteiger partial charge in [0, 0.05) is 21.4 Å². The summed E-state index contributed by atoms with van der Waals surface area (Å²) in [6.07, 6.45) is 0. The number of fused-ring (bicyclic) bond motifs is 3. The van der Waals surface area contributed by atoms with Crippen LogP contribution in [0.5, 0.6) is 0 Å². The maximum Gasteiger partial charge on any atom is 0.143 e. The fourth-order valence-electron chi connectivity index (χ4n) is 3.12. The molecule has 113 valence electrons. The molecule has 1 radical (unpaired) electrons. The third-order valence-corrected chi connectivity index (χ3v) is 5.94. The first-order chi connectivity index (χ1) is 11.1. The van der Waals surface area contributed by atoms with Crippen LogP contribution in [0.15, 0.2) is 65.1 Å². The topological polar surface area (TPSA) is 13.1 Å². The predicted molar refractivity (Wildman–Crippen MR) is 101 cm³/mol. The van der Waals surface area contributed by atoms with Crippen LogP contribution in [0.1, 0.15) is 0 Å². The summed E-state index contributed by atoms with van der Waals surface area (Å²) in [5, 5.41) is 4.47. The summed E-state index contributed by atoms with van der Waals surface area (Å²) in [6, 6.07) is 20.8. The average molecular weight is 336 g/mol. The van der Waals surface area contributed by atoms with Crippen molar-refractivity contribution in [2.24, 2.45) is 0 Å². The van der Waals surface area contributed by atoms with Gasteiger partial charge in [0.1, 0.15) is 11.2 Å². The quantitative estimate of drug-likeness (QED) is 0.418. The second-order valence-corrected chi connectivity index (χ2v) is 8.95. The Balaban J connectivity index is 2.07. The van der Waals surface area contributed by atoms with Crippen LogP contribution in [0.25, 0.3) is 33.1 Å². The monoisotopic (exact) mass is 335 g/mol. The van der Waals surface area contributed by atoms with Gasteiger partial charge in [-0.05, 0) is 23.8 Å². The van der Waals surface area contributed by atoms with Crippen LogP contribution in [0, 0.1) is 0 Å². The Hall–Kier alpha value is -2.03. The van der Waals surface area contributed by atoms with Gasteiger partial charge in [0.15, 0.2) is 0 Å². The van der Waals surface area contributed by atoms with Crippen LogP contribution in [-0.2, 0) is 0 Å². The van der Waals surface area contributed by atoms with Crippen molar-refractivity contribution in [3.05, 3.63) is 65.7 Å². The summed E-state index contributed by atoms with van der Waals surface area (Å²) in [5.74, 6) is 0. The van der Waals surface area contributed by atoms with Crippen LogP contribution in [0.4, 0.5) is 0 Å². The highest BCUT2D eigenvalue weighted by molar-refractivity contribution is 6.72. The molecule has 3 heteroatoms. The molecule has 0 spiro atoms. The van der Waals surface area contributed by atoms with E-state index in [1.807, 2.05) is 18.2 Å². The fraction of sp³-hybridized carbons (Fsp3) is 0.100. The number of rotatable bonds is 2. The third-order valence-electron chi connectivity index (χ3n) is 4.21. The molecule has 4 aromatic rings. The van der Waals surface area contributed by atoms with Gasteiger partial charge in [0.25, 0.3) is 0 Å². The lowest BCUT2D eigenvalue weighted by molar-refractivity contribution is 0.670. The fourth-order valence-corrected chi connectivity index (χ4v) is 4.59. The van der Waals surface area contributed by atoms with Crippen LogP contribution < -0.4 is 5.19 Å². The lowest BCUT2D eigenvalue weighted by Crippen LogP contribution is -2.24. The van der Waals surface area contributed by atoms with E-state index in [0.717, 1.165) is 21.8 Å². The summed E-state index contributed by atoms with van der Waals surface area (Å²) in [6.45, 7) is 4.58. The van der Waals surface area contributed by atoms with Crippen LogP contribution in [0.3, 0.4) is 0 Å². The van der Waals surface area contributed by atoms with Crippen LogP contribution >= 0.6 is 11.6 Å². The van der Waals surface area contributed by atoms with E-state index in [1.165, 1.54) is 21.5 Å². The molecule has 0 aliphatic heterocycles. The maximum atomic E-state index is 6.22. The van der Waals surface area contributed by atoms with Gasteiger partial charge in [0.05, 0.1) is 8.80 Å². The minimum atomic E-state index is -0.635. The molecule has 1 aromatic heterocycles. The molecule has 3 aromatic carbocycles. The molecule has 0 amide bonds. The SMILES string of the molecule is C[Si](C)c1cc(Cl)ccc1-c1cccc2c1oc1ccccc12. The van der Waals surface area contributed by atoms with E-state index < -0.39 is 8.80 Å².